The summed E-state index contributed by atoms with van der Waals surface area (Å²) in [5.74, 6) is 7.23. The number of nitrogens with two attached hydrogens (primary N) is 1. The van der Waals surface area contributed by atoms with E-state index in [9.17, 15) is 5.11 Å². The van der Waals surface area contributed by atoms with Gasteiger partial charge in [0.15, 0.2) is 0 Å². The lowest BCUT2D eigenvalue weighted by Crippen LogP contribution is -2.37. The van der Waals surface area contributed by atoms with E-state index in [1.807, 2.05) is 50.3 Å². The van der Waals surface area contributed by atoms with Gasteiger partial charge in [-0.3, -0.25) is 9.99 Å². The minimum Gasteiger partial charge on any atom is -0.508 e. The second-order valence-electron chi connectivity index (χ2n) is 6.96. The fourth-order valence-corrected chi connectivity index (χ4v) is 2.86. The van der Waals surface area contributed by atoms with Gasteiger partial charge in [0.1, 0.15) is 17.9 Å². The molecule has 0 fully saturated rings. The Morgan fingerprint density at radius 1 is 1.29 bits per heavy atom. The first kappa shape index (κ1) is 21.3. The Morgan fingerprint density at radius 3 is 2.64 bits per heavy atom. The van der Waals surface area contributed by atoms with E-state index in [1.165, 1.54) is 6.33 Å². The monoisotopic (exact) mass is 379 g/mol. The van der Waals surface area contributed by atoms with E-state index in [1.54, 1.807) is 11.2 Å². The zero-order chi connectivity index (χ0) is 20.7. The highest BCUT2D eigenvalue weighted by atomic mass is 16.3. The molecular weight excluding hydrogens is 350 g/mol. The van der Waals surface area contributed by atoms with Gasteiger partial charge in [0.25, 0.3) is 0 Å². The molecule has 0 saturated heterocycles. The molecule has 0 saturated carbocycles. The molecule has 0 aliphatic heterocycles. The summed E-state index contributed by atoms with van der Waals surface area (Å²) >= 11 is 0. The van der Waals surface area contributed by atoms with Crippen LogP contribution in [-0.4, -0.2) is 26.6 Å². The lowest BCUT2D eigenvalue weighted by atomic mass is 9.87. The summed E-state index contributed by atoms with van der Waals surface area (Å²) in [7, 11) is 0. The molecule has 0 aliphatic rings. The summed E-state index contributed by atoms with van der Waals surface area (Å²) in [6, 6.07) is 5.78. The maximum Gasteiger partial charge on any atom is 0.146 e. The number of aliphatic hydroxyl groups is 1. The van der Waals surface area contributed by atoms with Gasteiger partial charge in [-0.1, -0.05) is 38.7 Å². The molecule has 2 rings (SSSR count). The van der Waals surface area contributed by atoms with Gasteiger partial charge < -0.3 is 5.11 Å². The smallest absolute Gasteiger partial charge is 0.146 e. The molecular formula is C22H29N5O. The summed E-state index contributed by atoms with van der Waals surface area (Å²) < 4.78 is 0. The van der Waals surface area contributed by atoms with Gasteiger partial charge in [-0.15, -0.1) is 0 Å². The van der Waals surface area contributed by atoms with E-state index in [4.69, 9.17) is 5.84 Å². The molecule has 0 aliphatic carbocycles. The number of hydrazine groups is 1. The van der Waals surface area contributed by atoms with Gasteiger partial charge in [-0.25, -0.2) is 15.8 Å². The van der Waals surface area contributed by atoms with Crippen molar-refractivity contribution in [3.63, 3.8) is 0 Å². The van der Waals surface area contributed by atoms with Gasteiger partial charge in [0.05, 0.1) is 5.69 Å². The minimum absolute atomic E-state index is 0.0716. The lowest BCUT2D eigenvalue weighted by molar-refractivity contribution is 0.374. The summed E-state index contributed by atoms with van der Waals surface area (Å²) in [5.41, 5.74) is 3.44. The van der Waals surface area contributed by atoms with Crippen LogP contribution >= 0.6 is 0 Å². The predicted molar refractivity (Wildman–Crippen MR) is 115 cm³/mol. The number of allylic oxidation sites excluding steroid dienone is 4. The summed E-state index contributed by atoms with van der Waals surface area (Å²) in [6.07, 6.45) is 8.99. The molecule has 0 spiro atoms. The molecule has 1 unspecified atom stereocenters. The van der Waals surface area contributed by atoms with Gasteiger partial charge in [-0.05, 0) is 43.4 Å². The van der Waals surface area contributed by atoms with Crippen LogP contribution in [0.2, 0.25) is 0 Å². The molecule has 2 aromatic rings. The number of aryl methyl sites for hydroxylation is 1. The van der Waals surface area contributed by atoms with E-state index in [0.29, 0.717) is 12.4 Å². The van der Waals surface area contributed by atoms with Crippen molar-refractivity contribution in [2.75, 3.05) is 11.6 Å². The molecule has 0 radical (unpaired) electrons. The van der Waals surface area contributed by atoms with Crippen LogP contribution in [-0.2, 0) is 0 Å². The number of aliphatic hydroxyl groups excluding tert-OH is 1. The summed E-state index contributed by atoms with van der Waals surface area (Å²) in [6.45, 7) is 12.3. The predicted octanol–water partition coefficient (Wildman–Crippen LogP) is 4.37. The van der Waals surface area contributed by atoms with Crippen LogP contribution in [0.5, 0.6) is 0 Å². The lowest BCUT2D eigenvalue weighted by Gasteiger charge is -2.27. The molecule has 3 N–H and O–H groups in total. The number of hydrogen-bond donors (Lipinski definition) is 2. The second kappa shape index (κ2) is 9.80. The van der Waals surface area contributed by atoms with E-state index in [-0.39, 0.29) is 17.6 Å². The molecule has 2 heterocycles. The Kier molecular flexibility index (Phi) is 7.46. The standard InChI is InChI=1S/C22H29N5O/c1-6-7-8-20(18(5)28)17(4)15(2)13-27(23)22-11-21(25-14-26-22)19-10-9-16(3)24-12-19/h6-12,14-15,17,28H,5,13,23H2,1-4H3/b7-6-,20-8-/t15-,17?/m1/s1. The van der Waals surface area contributed by atoms with Crippen molar-refractivity contribution in [1.82, 2.24) is 15.0 Å². The Hall–Kier alpha value is -2.99. The van der Waals surface area contributed by atoms with Crippen molar-refractivity contribution in [3.05, 3.63) is 72.6 Å². The van der Waals surface area contributed by atoms with Gasteiger partial charge in [0.2, 0.25) is 0 Å². The van der Waals surface area contributed by atoms with Crippen molar-refractivity contribution in [3.8, 4) is 11.3 Å². The molecule has 0 amide bonds. The van der Waals surface area contributed by atoms with Gasteiger partial charge in [-0.2, -0.15) is 0 Å². The Labute approximate surface area is 167 Å². The van der Waals surface area contributed by atoms with Crippen LogP contribution in [0, 0.1) is 18.8 Å². The quantitative estimate of drug-likeness (QED) is 0.306. The van der Waals surface area contributed by atoms with Crippen molar-refractivity contribution in [2.45, 2.75) is 27.7 Å². The Balaban J connectivity index is 2.15. The SMILES string of the molecule is C=C(O)/C(=C\C=C/C)C(C)[C@H](C)CN(N)c1cc(-c2ccc(C)nc2)ncn1. The van der Waals surface area contributed by atoms with Crippen LogP contribution in [0.15, 0.2) is 66.9 Å². The second-order valence-corrected chi connectivity index (χ2v) is 6.96. The van der Waals surface area contributed by atoms with Crippen LogP contribution < -0.4 is 10.9 Å². The molecule has 6 nitrogen and oxygen atoms in total. The molecule has 0 bridgehead atoms. The number of pyridine rings is 1. The Bertz CT molecular complexity index is 857. The normalized spacial score (nSPS) is 14.1. The minimum atomic E-state index is 0.0716. The maximum atomic E-state index is 9.92. The third kappa shape index (κ3) is 5.50. The highest BCUT2D eigenvalue weighted by Crippen LogP contribution is 2.26. The topological polar surface area (TPSA) is 88.2 Å². The largest absolute Gasteiger partial charge is 0.508 e. The molecule has 28 heavy (non-hydrogen) atoms. The first-order valence-corrected chi connectivity index (χ1v) is 9.31. The molecule has 2 atom stereocenters. The van der Waals surface area contributed by atoms with Crippen LogP contribution in [0.3, 0.4) is 0 Å². The van der Waals surface area contributed by atoms with E-state index < -0.39 is 0 Å². The van der Waals surface area contributed by atoms with E-state index in [2.05, 4.69) is 35.4 Å². The third-order valence-electron chi connectivity index (χ3n) is 4.78. The van der Waals surface area contributed by atoms with Crippen molar-refractivity contribution >= 4 is 5.82 Å². The zero-order valence-electron chi connectivity index (χ0n) is 17.0. The van der Waals surface area contributed by atoms with Crippen molar-refractivity contribution < 1.29 is 5.11 Å². The number of hydrogen-bond acceptors (Lipinski definition) is 6. The first-order valence-electron chi connectivity index (χ1n) is 9.31. The average molecular weight is 380 g/mol. The fraction of sp³-hybridized carbons (Fsp3) is 0.318. The number of anilines is 1. The van der Waals surface area contributed by atoms with Crippen molar-refractivity contribution in [2.24, 2.45) is 17.7 Å². The number of rotatable bonds is 8. The highest BCUT2D eigenvalue weighted by Gasteiger charge is 2.21. The first-order chi connectivity index (χ1) is 13.3. The molecule has 2 aromatic heterocycles. The number of aromatic nitrogens is 3. The summed E-state index contributed by atoms with van der Waals surface area (Å²) in [5, 5.41) is 11.5. The van der Waals surface area contributed by atoms with E-state index >= 15 is 0 Å². The Morgan fingerprint density at radius 2 is 2.04 bits per heavy atom. The van der Waals surface area contributed by atoms with Crippen LogP contribution in [0.1, 0.15) is 26.5 Å². The number of nitrogens with zero attached hydrogens (tertiary/aromatic N) is 4. The average Bonchev–Trinajstić information content (AvgIpc) is 2.68. The van der Waals surface area contributed by atoms with E-state index in [0.717, 1.165) is 22.5 Å². The summed E-state index contributed by atoms with van der Waals surface area (Å²) in [4.78, 5) is 12.9. The van der Waals surface area contributed by atoms with Crippen molar-refractivity contribution in [1.29, 1.82) is 0 Å². The van der Waals surface area contributed by atoms with Gasteiger partial charge in [0, 0.05) is 30.1 Å². The molecule has 6 heteroatoms. The maximum absolute atomic E-state index is 9.92. The highest BCUT2D eigenvalue weighted by molar-refractivity contribution is 5.61. The molecule has 148 valence electrons. The van der Waals surface area contributed by atoms with Crippen LogP contribution in [0.4, 0.5) is 5.82 Å². The molecule has 0 aromatic carbocycles. The van der Waals surface area contributed by atoms with Crippen LogP contribution in [0.25, 0.3) is 11.3 Å². The van der Waals surface area contributed by atoms with Gasteiger partial charge >= 0.3 is 0 Å². The third-order valence-corrected chi connectivity index (χ3v) is 4.78. The zero-order valence-corrected chi connectivity index (χ0v) is 17.0. The fourth-order valence-electron chi connectivity index (χ4n) is 2.86.